The van der Waals surface area contributed by atoms with Crippen LogP contribution in [0.3, 0.4) is 0 Å². The molecule has 0 aromatic heterocycles. The fourth-order valence-corrected chi connectivity index (χ4v) is 4.03. The van der Waals surface area contributed by atoms with Crippen molar-refractivity contribution >= 4 is 18.1 Å². The molecule has 1 heterocycles. The third kappa shape index (κ3) is 8.50. The van der Waals surface area contributed by atoms with E-state index in [2.05, 4.69) is 12.1 Å². The number of allylic oxidation sites excluding steroid dienone is 4. The first kappa shape index (κ1) is 24.4. The maximum atomic E-state index is 10.4. The Morgan fingerprint density at radius 3 is 2.67 bits per heavy atom. The van der Waals surface area contributed by atoms with E-state index in [0.717, 1.165) is 36.5 Å². The minimum atomic E-state index is -0.422. The van der Waals surface area contributed by atoms with E-state index in [1.54, 1.807) is 0 Å². The molecule has 1 aromatic carbocycles. The standard InChI is InChI=1S/C24H33ClO5/c1-3-6-24(25)19(13-18-9-11-21(12-10-18)29-4-2)7-5-8-22-14-20(27)15-23(30-22)16-28-17-26/h3,6,9-12,17,20,22-23,27H,4-5,7-8,13-16H2,1-2H3/b6-3-,24-19-. The van der Waals surface area contributed by atoms with Crippen molar-refractivity contribution in [2.24, 2.45) is 0 Å². The molecule has 5 nitrogen and oxygen atoms in total. The van der Waals surface area contributed by atoms with Gasteiger partial charge >= 0.3 is 0 Å². The number of aliphatic hydroxyl groups excluding tert-OH is 1. The van der Waals surface area contributed by atoms with Crippen LogP contribution in [0.4, 0.5) is 0 Å². The van der Waals surface area contributed by atoms with Gasteiger partial charge in [0.1, 0.15) is 12.4 Å². The lowest BCUT2D eigenvalue weighted by Crippen LogP contribution is -2.38. The molecule has 1 aliphatic heterocycles. The molecule has 0 spiro atoms. The minimum Gasteiger partial charge on any atom is -0.494 e. The summed E-state index contributed by atoms with van der Waals surface area (Å²) in [5, 5.41) is 10.9. The van der Waals surface area contributed by atoms with Gasteiger partial charge in [0.2, 0.25) is 0 Å². The third-order valence-electron chi connectivity index (χ3n) is 5.11. The van der Waals surface area contributed by atoms with Crippen LogP contribution in [0.5, 0.6) is 5.75 Å². The van der Waals surface area contributed by atoms with E-state index in [0.29, 0.717) is 25.9 Å². The topological polar surface area (TPSA) is 65.0 Å². The second-order valence-corrected chi connectivity index (χ2v) is 7.94. The van der Waals surface area contributed by atoms with Crippen molar-refractivity contribution < 1.29 is 24.1 Å². The molecule has 0 bridgehead atoms. The molecule has 0 amide bonds. The van der Waals surface area contributed by atoms with Crippen molar-refractivity contribution in [3.8, 4) is 5.75 Å². The molecule has 30 heavy (non-hydrogen) atoms. The molecular weight excluding hydrogens is 404 g/mol. The van der Waals surface area contributed by atoms with Crippen LogP contribution in [0.1, 0.15) is 51.5 Å². The first-order valence-electron chi connectivity index (χ1n) is 10.7. The molecular formula is C24H33ClO5. The Hall–Kier alpha value is -1.82. The van der Waals surface area contributed by atoms with Crippen LogP contribution in [-0.2, 0) is 20.7 Å². The van der Waals surface area contributed by atoms with E-state index in [4.69, 9.17) is 25.8 Å². The quantitative estimate of drug-likeness (QED) is 0.371. The van der Waals surface area contributed by atoms with Crippen LogP contribution >= 0.6 is 11.6 Å². The van der Waals surface area contributed by atoms with E-state index in [-0.39, 0.29) is 18.8 Å². The molecule has 2 rings (SSSR count). The highest BCUT2D eigenvalue weighted by atomic mass is 35.5. The van der Waals surface area contributed by atoms with Crippen LogP contribution < -0.4 is 4.74 Å². The minimum absolute atomic E-state index is 0.0405. The number of ether oxygens (including phenoxy) is 3. The van der Waals surface area contributed by atoms with Crippen molar-refractivity contribution in [1.29, 1.82) is 0 Å². The molecule has 6 heteroatoms. The zero-order valence-electron chi connectivity index (χ0n) is 17.9. The van der Waals surface area contributed by atoms with Gasteiger partial charge in [-0.3, -0.25) is 4.79 Å². The number of carbonyl (C=O) groups is 1. The van der Waals surface area contributed by atoms with E-state index < -0.39 is 6.10 Å². The highest BCUT2D eigenvalue weighted by Crippen LogP contribution is 2.27. The van der Waals surface area contributed by atoms with Crippen molar-refractivity contribution in [2.45, 2.75) is 70.7 Å². The summed E-state index contributed by atoms with van der Waals surface area (Å²) >= 11 is 6.55. The van der Waals surface area contributed by atoms with Gasteiger partial charge in [-0.25, -0.2) is 0 Å². The molecule has 3 atom stereocenters. The van der Waals surface area contributed by atoms with Crippen molar-refractivity contribution in [1.82, 2.24) is 0 Å². The summed E-state index contributed by atoms with van der Waals surface area (Å²) in [6.45, 7) is 5.18. The van der Waals surface area contributed by atoms with E-state index in [1.807, 2.05) is 38.1 Å². The molecule has 1 aromatic rings. The number of hydrogen-bond acceptors (Lipinski definition) is 5. The highest BCUT2D eigenvalue weighted by molar-refractivity contribution is 6.31. The molecule has 166 valence electrons. The lowest BCUT2D eigenvalue weighted by Gasteiger charge is -2.32. The molecule has 1 aliphatic rings. The maximum absolute atomic E-state index is 10.4. The summed E-state index contributed by atoms with van der Waals surface area (Å²) in [7, 11) is 0. The van der Waals surface area contributed by atoms with Crippen LogP contribution in [0.2, 0.25) is 0 Å². The zero-order valence-corrected chi connectivity index (χ0v) is 18.6. The van der Waals surface area contributed by atoms with Crippen LogP contribution in [0, 0.1) is 0 Å². The summed E-state index contributed by atoms with van der Waals surface area (Å²) in [5.74, 6) is 0.868. The maximum Gasteiger partial charge on any atom is 0.293 e. The molecule has 0 radical (unpaired) electrons. The molecule has 1 saturated heterocycles. The predicted molar refractivity (Wildman–Crippen MR) is 119 cm³/mol. The zero-order chi connectivity index (χ0) is 21.8. The summed E-state index contributed by atoms with van der Waals surface area (Å²) < 4.78 is 16.3. The van der Waals surface area contributed by atoms with Gasteiger partial charge in [0.05, 0.1) is 24.9 Å². The lowest BCUT2D eigenvalue weighted by atomic mass is 9.95. The lowest BCUT2D eigenvalue weighted by molar-refractivity contribution is -0.145. The van der Waals surface area contributed by atoms with Gasteiger partial charge < -0.3 is 19.3 Å². The largest absolute Gasteiger partial charge is 0.494 e. The number of hydrogen-bond donors (Lipinski definition) is 1. The van der Waals surface area contributed by atoms with Gasteiger partial charge in [-0.1, -0.05) is 29.8 Å². The van der Waals surface area contributed by atoms with Crippen LogP contribution in [0.15, 0.2) is 47.0 Å². The number of carbonyl (C=O) groups excluding carboxylic acids is 1. The monoisotopic (exact) mass is 436 g/mol. The Balaban J connectivity index is 1.93. The SMILES string of the molecule is C/C=C\C(Cl)=C(/CCCC1CC(O)CC(COC=O)O1)Cc1ccc(OCC)cc1. The highest BCUT2D eigenvalue weighted by Gasteiger charge is 2.28. The van der Waals surface area contributed by atoms with Crippen LogP contribution in [0.25, 0.3) is 0 Å². The first-order valence-corrected chi connectivity index (χ1v) is 11.0. The third-order valence-corrected chi connectivity index (χ3v) is 5.51. The number of benzene rings is 1. The second kappa shape index (κ2) is 13.5. The van der Waals surface area contributed by atoms with Gasteiger partial charge in [0.25, 0.3) is 6.47 Å². The average Bonchev–Trinajstić information content (AvgIpc) is 2.73. The molecule has 1 N–H and O–H groups in total. The van der Waals surface area contributed by atoms with E-state index in [1.165, 1.54) is 11.1 Å². The van der Waals surface area contributed by atoms with Crippen molar-refractivity contribution in [3.63, 3.8) is 0 Å². The summed E-state index contributed by atoms with van der Waals surface area (Å²) in [6, 6.07) is 8.11. The normalized spacial score (nSPS) is 22.6. The summed E-state index contributed by atoms with van der Waals surface area (Å²) in [4.78, 5) is 10.4. The van der Waals surface area contributed by atoms with Crippen LogP contribution in [-0.4, -0.2) is 43.1 Å². The number of halogens is 1. The van der Waals surface area contributed by atoms with Gasteiger partial charge in [0, 0.05) is 11.5 Å². The Morgan fingerprint density at radius 2 is 2.00 bits per heavy atom. The van der Waals surface area contributed by atoms with Gasteiger partial charge in [-0.2, -0.15) is 0 Å². The van der Waals surface area contributed by atoms with Gasteiger partial charge in [0.15, 0.2) is 0 Å². The van der Waals surface area contributed by atoms with Gasteiger partial charge in [-0.05, 0) is 75.3 Å². The van der Waals surface area contributed by atoms with E-state index >= 15 is 0 Å². The Labute approximate surface area is 184 Å². The number of rotatable bonds is 12. The molecule has 1 fully saturated rings. The number of aliphatic hydroxyl groups is 1. The average molecular weight is 437 g/mol. The Morgan fingerprint density at radius 1 is 1.27 bits per heavy atom. The molecule has 3 unspecified atom stereocenters. The Kier molecular flexibility index (Phi) is 11.0. The Bertz CT molecular complexity index is 698. The fourth-order valence-electron chi connectivity index (χ4n) is 3.74. The first-order chi connectivity index (χ1) is 14.5. The summed E-state index contributed by atoms with van der Waals surface area (Å²) in [5.41, 5.74) is 2.36. The van der Waals surface area contributed by atoms with Crippen molar-refractivity contribution in [2.75, 3.05) is 13.2 Å². The smallest absolute Gasteiger partial charge is 0.293 e. The predicted octanol–water partition coefficient (Wildman–Crippen LogP) is 4.95. The van der Waals surface area contributed by atoms with Crippen molar-refractivity contribution in [3.05, 3.63) is 52.6 Å². The van der Waals surface area contributed by atoms with Gasteiger partial charge in [-0.15, -0.1) is 0 Å². The fraction of sp³-hybridized carbons (Fsp3) is 0.542. The molecule has 0 aliphatic carbocycles. The second-order valence-electron chi connectivity index (χ2n) is 7.53. The van der Waals surface area contributed by atoms with E-state index in [9.17, 15) is 9.90 Å². The molecule has 0 saturated carbocycles. The summed E-state index contributed by atoms with van der Waals surface area (Å²) in [6.07, 6.45) is 7.63.